The molecule has 2 aromatic rings. The van der Waals surface area contributed by atoms with Crippen molar-refractivity contribution in [1.82, 2.24) is 19.8 Å². The molecule has 0 aromatic carbocycles. The molecule has 0 bridgehead atoms. The maximum atomic E-state index is 12.7. The van der Waals surface area contributed by atoms with E-state index in [4.69, 9.17) is 16.1 Å². The van der Waals surface area contributed by atoms with E-state index < -0.39 is 0 Å². The predicted octanol–water partition coefficient (Wildman–Crippen LogP) is 3.67. The molecular weight excluding hydrogens is 364 g/mol. The zero-order valence-corrected chi connectivity index (χ0v) is 17.1. The third-order valence-corrected chi connectivity index (χ3v) is 6.67. The van der Waals surface area contributed by atoms with Gasteiger partial charge in [0.2, 0.25) is 5.91 Å². The number of carbonyl (C=O) groups is 1. The summed E-state index contributed by atoms with van der Waals surface area (Å²) in [5, 5.41) is 9.33. The van der Waals surface area contributed by atoms with Gasteiger partial charge in [0.15, 0.2) is 0 Å². The average molecular weight is 391 g/mol. The molecule has 2 aromatic heterocycles. The number of aryl methyl sites for hydroxylation is 2. The zero-order chi connectivity index (χ0) is 19.1. The quantitative estimate of drug-likeness (QED) is 0.802. The standard InChI is InChI=1S/C20H27ClN4O2/c1-12-4-5-17-16(10-12)20(27-23-17)15-6-8-24(9-7-15)18(26)11-25-14(3)19(21)13(2)22-25/h12,15H,4-11H2,1-3H3. The summed E-state index contributed by atoms with van der Waals surface area (Å²) in [6.45, 7) is 7.81. The molecule has 1 fully saturated rings. The first-order valence-electron chi connectivity index (χ1n) is 9.88. The first-order chi connectivity index (χ1) is 12.9. The fraction of sp³-hybridized carbons (Fsp3) is 0.650. The van der Waals surface area contributed by atoms with Crippen LogP contribution in [0.25, 0.3) is 0 Å². The Labute approximate surface area is 164 Å². The second kappa shape index (κ2) is 7.30. The molecule has 1 amide bonds. The molecule has 0 N–H and O–H groups in total. The molecule has 146 valence electrons. The van der Waals surface area contributed by atoms with Gasteiger partial charge in [-0.15, -0.1) is 0 Å². The first kappa shape index (κ1) is 18.5. The Morgan fingerprint density at radius 3 is 2.67 bits per heavy atom. The van der Waals surface area contributed by atoms with Gasteiger partial charge >= 0.3 is 0 Å². The van der Waals surface area contributed by atoms with Crippen LogP contribution in [0, 0.1) is 19.8 Å². The third-order valence-electron chi connectivity index (χ3n) is 6.12. The minimum Gasteiger partial charge on any atom is -0.361 e. The Morgan fingerprint density at radius 2 is 2.00 bits per heavy atom. The normalized spacial score (nSPS) is 20.7. The summed E-state index contributed by atoms with van der Waals surface area (Å²) in [6.07, 6.45) is 5.16. The lowest BCUT2D eigenvalue weighted by molar-refractivity contribution is -0.133. The molecule has 0 saturated carbocycles. The van der Waals surface area contributed by atoms with Crippen LogP contribution in [0.5, 0.6) is 0 Å². The summed E-state index contributed by atoms with van der Waals surface area (Å²) >= 11 is 6.19. The van der Waals surface area contributed by atoms with Crippen LogP contribution in [0.2, 0.25) is 5.02 Å². The van der Waals surface area contributed by atoms with E-state index in [0.717, 1.165) is 61.6 Å². The fourth-order valence-electron chi connectivity index (χ4n) is 4.37. The monoisotopic (exact) mass is 390 g/mol. The molecule has 1 unspecified atom stereocenters. The number of hydrogen-bond acceptors (Lipinski definition) is 4. The van der Waals surface area contributed by atoms with Crippen LogP contribution in [0.1, 0.15) is 60.5 Å². The highest BCUT2D eigenvalue weighted by atomic mass is 35.5. The van der Waals surface area contributed by atoms with E-state index in [1.165, 1.54) is 12.0 Å². The predicted molar refractivity (Wildman–Crippen MR) is 103 cm³/mol. The Balaban J connectivity index is 1.38. The minimum atomic E-state index is 0.101. The van der Waals surface area contributed by atoms with Gasteiger partial charge in [-0.3, -0.25) is 9.48 Å². The Morgan fingerprint density at radius 1 is 1.26 bits per heavy atom. The van der Waals surface area contributed by atoms with Crippen LogP contribution in [0.15, 0.2) is 4.52 Å². The summed E-state index contributed by atoms with van der Waals surface area (Å²) in [5.74, 6) is 2.25. The van der Waals surface area contributed by atoms with E-state index in [1.54, 1.807) is 4.68 Å². The molecule has 0 spiro atoms. The highest BCUT2D eigenvalue weighted by molar-refractivity contribution is 6.31. The van der Waals surface area contributed by atoms with Crippen molar-refractivity contribution in [2.24, 2.45) is 5.92 Å². The van der Waals surface area contributed by atoms with E-state index >= 15 is 0 Å². The first-order valence-corrected chi connectivity index (χ1v) is 10.3. The maximum absolute atomic E-state index is 12.7. The van der Waals surface area contributed by atoms with Crippen molar-refractivity contribution < 1.29 is 9.32 Å². The lowest BCUT2D eigenvalue weighted by Crippen LogP contribution is -2.40. The van der Waals surface area contributed by atoms with Gasteiger partial charge in [0.05, 0.1) is 22.1 Å². The van der Waals surface area contributed by atoms with Crippen LogP contribution in [0.3, 0.4) is 0 Å². The van der Waals surface area contributed by atoms with Crippen molar-refractivity contribution in [1.29, 1.82) is 0 Å². The number of halogens is 1. The molecule has 1 saturated heterocycles. The molecule has 3 heterocycles. The van der Waals surface area contributed by atoms with Crippen LogP contribution in [0.4, 0.5) is 0 Å². The zero-order valence-electron chi connectivity index (χ0n) is 16.3. The van der Waals surface area contributed by atoms with Crippen LogP contribution in [-0.4, -0.2) is 38.8 Å². The van der Waals surface area contributed by atoms with E-state index in [2.05, 4.69) is 17.2 Å². The Bertz CT molecular complexity index is 849. The summed E-state index contributed by atoms with van der Waals surface area (Å²) in [7, 11) is 0. The summed E-state index contributed by atoms with van der Waals surface area (Å²) in [4.78, 5) is 14.6. The fourth-order valence-corrected chi connectivity index (χ4v) is 4.51. The molecule has 4 rings (SSSR count). The van der Waals surface area contributed by atoms with Crippen LogP contribution in [-0.2, 0) is 24.2 Å². The average Bonchev–Trinajstić information content (AvgIpc) is 3.18. The van der Waals surface area contributed by atoms with Crippen molar-refractivity contribution >= 4 is 17.5 Å². The van der Waals surface area contributed by atoms with Gasteiger partial charge in [0.1, 0.15) is 12.3 Å². The van der Waals surface area contributed by atoms with Crippen molar-refractivity contribution in [2.75, 3.05) is 13.1 Å². The molecule has 0 radical (unpaired) electrons. The maximum Gasteiger partial charge on any atom is 0.244 e. The van der Waals surface area contributed by atoms with E-state index in [0.29, 0.717) is 16.9 Å². The van der Waals surface area contributed by atoms with Crippen molar-refractivity contribution in [3.05, 3.63) is 33.4 Å². The van der Waals surface area contributed by atoms with Crippen molar-refractivity contribution in [3.63, 3.8) is 0 Å². The number of amides is 1. The number of aromatic nitrogens is 3. The smallest absolute Gasteiger partial charge is 0.244 e. The molecule has 1 aliphatic carbocycles. The summed E-state index contributed by atoms with van der Waals surface area (Å²) in [6, 6.07) is 0. The molecule has 1 atom stereocenters. The van der Waals surface area contributed by atoms with Gasteiger partial charge < -0.3 is 9.42 Å². The number of likely N-dealkylation sites (tertiary alicyclic amines) is 1. The molecule has 7 heteroatoms. The lowest BCUT2D eigenvalue weighted by atomic mass is 9.83. The summed E-state index contributed by atoms with van der Waals surface area (Å²) in [5.41, 5.74) is 4.11. The van der Waals surface area contributed by atoms with Gasteiger partial charge in [0, 0.05) is 24.6 Å². The van der Waals surface area contributed by atoms with E-state index in [1.807, 2.05) is 18.7 Å². The molecule has 1 aliphatic heterocycles. The van der Waals surface area contributed by atoms with Gasteiger partial charge in [-0.05, 0) is 51.9 Å². The number of hydrogen-bond donors (Lipinski definition) is 0. The van der Waals surface area contributed by atoms with Gasteiger partial charge in [-0.1, -0.05) is 23.7 Å². The number of fused-ring (bicyclic) bond motifs is 1. The number of piperidine rings is 1. The molecular formula is C20H27ClN4O2. The Kier molecular flexibility index (Phi) is 5.01. The topological polar surface area (TPSA) is 64.2 Å². The van der Waals surface area contributed by atoms with E-state index in [9.17, 15) is 4.79 Å². The second-order valence-electron chi connectivity index (χ2n) is 8.12. The lowest BCUT2D eigenvalue weighted by Gasteiger charge is -2.31. The second-order valence-corrected chi connectivity index (χ2v) is 8.50. The van der Waals surface area contributed by atoms with Gasteiger partial charge in [0.25, 0.3) is 0 Å². The van der Waals surface area contributed by atoms with Gasteiger partial charge in [-0.25, -0.2) is 0 Å². The number of rotatable bonds is 3. The van der Waals surface area contributed by atoms with Crippen LogP contribution >= 0.6 is 11.6 Å². The molecule has 27 heavy (non-hydrogen) atoms. The number of carbonyl (C=O) groups excluding carboxylic acids is 1. The minimum absolute atomic E-state index is 0.101. The SMILES string of the molecule is Cc1nn(CC(=O)N2CCC(c3onc4c3CC(C)CC4)CC2)c(C)c1Cl. The van der Waals surface area contributed by atoms with Gasteiger partial charge in [-0.2, -0.15) is 5.10 Å². The molecule has 6 nitrogen and oxygen atoms in total. The van der Waals surface area contributed by atoms with Crippen molar-refractivity contribution in [3.8, 4) is 0 Å². The van der Waals surface area contributed by atoms with Crippen molar-refractivity contribution in [2.45, 2.75) is 65.3 Å². The Hall–Kier alpha value is -1.82. The highest BCUT2D eigenvalue weighted by Gasteiger charge is 2.31. The van der Waals surface area contributed by atoms with Crippen LogP contribution < -0.4 is 0 Å². The number of nitrogens with zero attached hydrogens (tertiary/aromatic N) is 4. The largest absolute Gasteiger partial charge is 0.361 e. The summed E-state index contributed by atoms with van der Waals surface area (Å²) < 4.78 is 7.45. The molecule has 2 aliphatic rings. The van der Waals surface area contributed by atoms with E-state index in [-0.39, 0.29) is 12.5 Å². The third kappa shape index (κ3) is 3.51. The highest BCUT2D eigenvalue weighted by Crippen LogP contribution is 2.36.